The van der Waals surface area contributed by atoms with Crippen molar-refractivity contribution in [2.45, 2.75) is 71.3 Å². The van der Waals surface area contributed by atoms with Gasteiger partial charge in [0.2, 0.25) is 23.6 Å². The van der Waals surface area contributed by atoms with Crippen LogP contribution < -0.4 is 10.6 Å². The summed E-state index contributed by atoms with van der Waals surface area (Å²) in [7, 11) is 1.68. The number of likely N-dealkylation sites (N-methyl/N-ethyl adjacent to an activating group) is 1. The minimum Gasteiger partial charge on any atom is -0.373 e. The summed E-state index contributed by atoms with van der Waals surface area (Å²) in [5.41, 5.74) is 2.46. The molecule has 4 atom stereocenters. The molecule has 2 bridgehead atoms. The summed E-state index contributed by atoms with van der Waals surface area (Å²) in [6.07, 6.45) is 8.15. The van der Waals surface area contributed by atoms with Crippen LogP contribution in [0, 0.1) is 12.3 Å². The highest BCUT2D eigenvalue weighted by Gasteiger charge is 2.67. The van der Waals surface area contributed by atoms with E-state index >= 15 is 0 Å². The van der Waals surface area contributed by atoms with Crippen LogP contribution in [-0.4, -0.2) is 102 Å². The number of pyridine rings is 1. The molecule has 3 aliphatic rings. The molecule has 1 spiro atoms. The van der Waals surface area contributed by atoms with Gasteiger partial charge in [-0.15, -0.1) is 0 Å². The highest BCUT2D eigenvalue weighted by Crippen LogP contribution is 2.60. The second-order valence-electron chi connectivity index (χ2n) is 14.2. The Balaban J connectivity index is 1.22. The van der Waals surface area contributed by atoms with Gasteiger partial charge in [-0.1, -0.05) is 24.3 Å². The first-order valence-electron chi connectivity index (χ1n) is 17.7. The van der Waals surface area contributed by atoms with Gasteiger partial charge in [0, 0.05) is 67.8 Å². The van der Waals surface area contributed by atoms with Crippen LogP contribution in [0.15, 0.2) is 59.5 Å². The fraction of sp³-hybridized carbons (Fsp3) is 0.395. The van der Waals surface area contributed by atoms with Crippen molar-refractivity contribution in [1.29, 1.82) is 0 Å². The highest BCUT2D eigenvalue weighted by atomic mass is 79.9. The first kappa shape index (κ1) is 37.0. The Morgan fingerprint density at radius 1 is 1.06 bits per heavy atom. The summed E-state index contributed by atoms with van der Waals surface area (Å²) < 4.78 is 7.87. The average molecular weight is 799 g/mol. The lowest BCUT2D eigenvalue weighted by Crippen LogP contribution is -2.48. The molecule has 1 aliphatic carbocycles. The average Bonchev–Trinajstić information content (AvgIpc) is 3.53. The molecule has 3 aromatic heterocycles. The molecule has 280 valence electrons. The van der Waals surface area contributed by atoms with Crippen LogP contribution in [0.5, 0.6) is 0 Å². The molecule has 1 saturated carbocycles. The standard InChI is InChI=1S/C38H40BrN9O6/c1-21(49)34-27-13-24(26-16-40-22(2)41-17-26)8-10-29(27)47(45-34)18-33(51)48-30-14-38(15-31(38)48)20-46(4)37(53)28(42-23(3)50)7-5-6-12-54-19-25-9-11-32(39)43-35(25)44-36(30)52/h5-6,8-11,13,16-17,28,30-31H,7,12,14-15,18-20H2,1-4H3,(H,42,50)(H,43,44,52)/t28?,30-,31+,38-/m0/s1. The number of ether oxygens (including phenoxy) is 1. The number of piperidine rings is 1. The molecule has 54 heavy (non-hydrogen) atoms. The minimum absolute atomic E-state index is 0.139. The second-order valence-corrected chi connectivity index (χ2v) is 15.0. The SMILES string of the molecule is CC(=O)NC1CC=CCOCc2ccc(Br)nc2NC(=O)[C@@H]2C[C@]3(C[C@H]3N2C(=O)Cn2nc(C(C)=O)c3cc(-c4cnc(C)nc4)ccc32)CN(C)C1=O. The number of nitrogens with one attached hydrogen (secondary N) is 2. The van der Waals surface area contributed by atoms with Crippen molar-refractivity contribution < 1.29 is 28.7 Å². The lowest BCUT2D eigenvalue weighted by atomic mass is 9.97. The van der Waals surface area contributed by atoms with Gasteiger partial charge in [0.1, 0.15) is 40.6 Å². The van der Waals surface area contributed by atoms with Crippen LogP contribution in [0.3, 0.4) is 0 Å². The third kappa shape index (κ3) is 7.40. The van der Waals surface area contributed by atoms with E-state index in [1.807, 2.05) is 18.2 Å². The van der Waals surface area contributed by atoms with Crippen LogP contribution in [0.2, 0.25) is 0 Å². The number of halogens is 1. The normalized spacial score (nSPS) is 23.0. The van der Waals surface area contributed by atoms with Crippen molar-refractivity contribution in [3.8, 4) is 11.1 Å². The maximum absolute atomic E-state index is 14.5. The lowest BCUT2D eigenvalue weighted by Gasteiger charge is -2.28. The van der Waals surface area contributed by atoms with Gasteiger partial charge in [0.15, 0.2) is 5.78 Å². The molecule has 1 saturated heterocycles. The van der Waals surface area contributed by atoms with E-state index in [9.17, 15) is 24.0 Å². The number of fused-ring (bicyclic) bond motifs is 3. The summed E-state index contributed by atoms with van der Waals surface area (Å²) in [5.74, 6) is -0.697. The Hall–Kier alpha value is -5.35. The summed E-state index contributed by atoms with van der Waals surface area (Å²) in [6, 6.07) is 7.05. The number of amides is 4. The molecule has 2 aliphatic heterocycles. The van der Waals surface area contributed by atoms with Crippen LogP contribution >= 0.6 is 15.9 Å². The van der Waals surface area contributed by atoms with Gasteiger partial charge in [0.25, 0.3) is 0 Å². The number of ketones is 1. The van der Waals surface area contributed by atoms with Gasteiger partial charge in [-0.05, 0) is 65.9 Å². The third-order valence-corrected chi connectivity index (χ3v) is 10.7. The molecule has 4 aromatic rings. The molecular formula is C38H40BrN9O6. The van der Waals surface area contributed by atoms with E-state index in [4.69, 9.17) is 4.74 Å². The van der Waals surface area contributed by atoms with Crippen molar-refractivity contribution in [3.63, 3.8) is 0 Å². The van der Waals surface area contributed by atoms with Gasteiger partial charge in [-0.25, -0.2) is 15.0 Å². The van der Waals surface area contributed by atoms with E-state index < -0.39 is 23.4 Å². The number of anilines is 1. The summed E-state index contributed by atoms with van der Waals surface area (Å²) in [4.78, 5) is 83.5. The maximum Gasteiger partial charge on any atom is 0.248 e. The molecule has 1 aromatic carbocycles. The zero-order valence-corrected chi connectivity index (χ0v) is 31.9. The smallest absolute Gasteiger partial charge is 0.248 e. The predicted octanol–water partition coefficient (Wildman–Crippen LogP) is 3.60. The number of carbonyl (C=O) groups is 5. The van der Waals surface area contributed by atoms with E-state index in [0.29, 0.717) is 45.6 Å². The van der Waals surface area contributed by atoms with Crippen molar-refractivity contribution >= 4 is 62.1 Å². The quantitative estimate of drug-likeness (QED) is 0.172. The first-order valence-corrected chi connectivity index (χ1v) is 18.5. The number of nitrogens with zero attached hydrogens (tertiary/aromatic N) is 7. The lowest BCUT2D eigenvalue weighted by molar-refractivity contribution is -0.138. The molecule has 0 radical (unpaired) electrons. The number of likely N-dealkylation sites (tertiary alicyclic amines) is 1. The fourth-order valence-electron chi connectivity index (χ4n) is 7.64. The monoisotopic (exact) mass is 797 g/mol. The Labute approximate surface area is 319 Å². The summed E-state index contributed by atoms with van der Waals surface area (Å²) in [6.45, 7) is 5.01. The van der Waals surface area contributed by atoms with Gasteiger partial charge >= 0.3 is 0 Å². The van der Waals surface area contributed by atoms with E-state index in [1.54, 1.807) is 60.4 Å². The van der Waals surface area contributed by atoms with Gasteiger partial charge < -0.3 is 25.2 Å². The topological polar surface area (TPSA) is 182 Å². The second kappa shape index (κ2) is 14.8. The molecule has 1 unspecified atom stereocenters. The molecule has 16 heteroatoms. The minimum atomic E-state index is -0.889. The number of Topliss-reactive ketones (excluding diaryl/α,β-unsaturated/α-hetero) is 1. The Kier molecular flexibility index (Phi) is 10.2. The number of hydrogen-bond acceptors (Lipinski definition) is 10. The third-order valence-electron chi connectivity index (χ3n) is 10.3. The van der Waals surface area contributed by atoms with Crippen molar-refractivity contribution in [3.05, 3.63) is 76.6 Å². The number of carbonyl (C=O) groups excluding carboxylic acids is 5. The molecule has 7 rings (SSSR count). The molecule has 4 amide bonds. The largest absolute Gasteiger partial charge is 0.373 e. The summed E-state index contributed by atoms with van der Waals surface area (Å²) >= 11 is 3.40. The maximum atomic E-state index is 14.5. The number of benzene rings is 1. The van der Waals surface area contributed by atoms with E-state index in [-0.39, 0.29) is 68.0 Å². The number of aryl methyl sites for hydroxylation is 1. The van der Waals surface area contributed by atoms with Gasteiger partial charge in [-0.3, -0.25) is 28.7 Å². The number of hydrogen-bond donors (Lipinski definition) is 2. The van der Waals surface area contributed by atoms with Gasteiger partial charge in [0.05, 0.1) is 18.7 Å². The molecule has 2 fully saturated rings. The molecular weight excluding hydrogens is 758 g/mol. The van der Waals surface area contributed by atoms with Gasteiger partial charge in [-0.2, -0.15) is 5.10 Å². The van der Waals surface area contributed by atoms with Crippen molar-refractivity contribution in [1.82, 2.24) is 39.8 Å². The fourth-order valence-corrected chi connectivity index (χ4v) is 7.95. The first-order chi connectivity index (χ1) is 25.8. The molecule has 15 nitrogen and oxygen atoms in total. The van der Waals surface area contributed by atoms with Crippen LogP contribution in [-0.2, 0) is 37.1 Å². The van der Waals surface area contributed by atoms with E-state index in [1.165, 1.54) is 18.5 Å². The predicted molar refractivity (Wildman–Crippen MR) is 201 cm³/mol. The highest BCUT2D eigenvalue weighted by molar-refractivity contribution is 9.10. The zero-order valence-electron chi connectivity index (χ0n) is 30.3. The Morgan fingerprint density at radius 3 is 2.57 bits per heavy atom. The Bertz CT molecular complexity index is 2200. The molecule has 2 N–H and O–H groups in total. The van der Waals surface area contributed by atoms with Crippen LogP contribution in [0.4, 0.5) is 5.82 Å². The number of aromatic nitrogens is 5. The van der Waals surface area contributed by atoms with E-state index in [2.05, 4.69) is 46.6 Å². The van der Waals surface area contributed by atoms with E-state index in [0.717, 1.165) is 11.1 Å². The summed E-state index contributed by atoms with van der Waals surface area (Å²) in [5, 5.41) is 10.9. The van der Waals surface area contributed by atoms with Crippen molar-refractivity contribution in [2.75, 3.05) is 25.5 Å². The van der Waals surface area contributed by atoms with Crippen LogP contribution in [0.1, 0.15) is 55.0 Å². The Morgan fingerprint density at radius 2 is 1.83 bits per heavy atom. The number of rotatable bonds is 5. The molecule has 5 heterocycles. The zero-order chi connectivity index (χ0) is 38.3. The van der Waals surface area contributed by atoms with Crippen LogP contribution in [0.25, 0.3) is 22.0 Å². The van der Waals surface area contributed by atoms with Crippen molar-refractivity contribution in [2.24, 2.45) is 5.41 Å².